The van der Waals surface area contributed by atoms with E-state index >= 15 is 0 Å². The monoisotopic (exact) mass is 1390 g/mol. The van der Waals surface area contributed by atoms with E-state index < -0.39 is 0 Å². The van der Waals surface area contributed by atoms with Crippen LogP contribution in [0.25, 0.3) is 0 Å². The Morgan fingerprint density at radius 1 is 0.444 bits per heavy atom. The number of hydrogen-bond donors (Lipinski definition) is 1. The van der Waals surface area contributed by atoms with E-state index in [1.54, 1.807) is 41.8 Å². The third kappa shape index (κ3) is 30.8. The average molecular weight is 1390 g/mol. The summed E-state index contributed by atoms with van der Waals surface area (Å²) in [5.41, 5.74) is 0.0608. The lowest BCUT2D eigenvalue weighted by Gasteiger charge is -2.46. The molecule has 566 valence electrons. The summed E-state index contributed by atoms with van der Waals surface area (Å²) in [4.78, 5) is 86.9. The molecular weight excluding hydrogens is 1250 g/mol. The fourth-order valence-corrected chi connectivity index (χ4v) is 12.9. The van der Waals surface area contributed by atoms with Gasteiger partial charge in [-0.1, -0.05) is 5.16 Å². The number of aromatic nitrogens is 3. The minimum Gasteiger partial charge on any atom is -0.497 e. The van der Waals surface area contributed by atoms with Crippen LogP contribution in [0.4, 0.5) is 14.0 Å². The summed E-state index contributed by atoms with van der Waals surface area (Å²) in [6.07, 6.45) is 1.48. The lowest BCUT2D eigenvalue weighted by molar-refractivity contribution is 0.0226. The molecule has 0 radical (unpaired) electrons. The molecule has 2 aromatic carbocycles. The number of nitrogens with one attached hydrogen (secondary N) is 1. The van der Waals surface area contributed by atoms with Gasteiger partial charge in [0.2, 0.25) is 5.76 Å². The van der Waals surface area contributed by atoms with Gasteiger partial charge >= 0.3 is 12.1 Å². The number of halogens is 1. The van der Waals surface area contributed by atoms with E-state index in [4.69, 9.17) is 9.26 Å². The number of ether oxygens (including phenoxy) is 1. The van der Waals surface area contributed by atoms with Crippen molar-refractivity contribution in [2.45, 2.75) is 330 Å². The molecule has 0 atom stereocenters. The van der Waals surface area contributed by atoms with Gasteiger partial charge in [-0.15, -0.1) is 0 Å². The van der Waals surface area contributed by atoms with Gasteiger partial charge in [0.25, 0.3) is 23.6 Å². The van der Waals surface area contributed by atoms with E-state index in [-0.39, 0.29) is 114 Å². The first-order valence-electron chi connectivity index (χ1n) is 34.6. The smallest absolute Gasteiger partial charge is 0.320 e. The normalized spacial score (nSPS) is 12.5. The van der Waals surface area contributed by atoms with Crippen molar-refractivity contribution in [3.05, 3.63) is 101 Å². The third-order valence-corrected chi connectivity index (χ3v) is 14.4. The Kier molecular flexibility index (Phi) is 33.3. The van der Waals surface area contributed by atoms with E-state index in [1.807, 2.05) is 242 Å². The number of methoxy groups -OCH3 is 1. The number of carbonyl (C=O) groups excluding carboxylic acids is 6. The Morgan fingerprint density at radius 3 is 0.970 bits per heavy atom. The molecule has 4 rings (SSSR count). The summed E-state index contributed by atoms with van der Waals surface area (Å²) in [6, 6.07) is 16.4. The number of nitrogens with zero attached hydrogens (tertiary/aromatic N) is 10. The second-order valence-electron chi connectivity index (χ2n) is 37.2. The van der Waals surface area contributed by atoms with Crippen LogP contribution in [0.1, 0.15) is 304 Å². The highest BCUT2D eigenvalue weighted by molar-refractivity contribution is 5.96. The van der Waals surface area contributed by atoms with Gasteiger partial charge < -0.3 is 48.9 Å². The van der Waals surface area contributed by atoms with Crippen molar-refractivity contribution in [3.8, 4) is 5.75 Å². The van der Waals surface area contributed by atoms with Crippen LogP contribution in [0.3, 0.4) is 0 Å². The average Bonchev–Trinajstić information content (AvgIpc) is 1.76. The molecule has 0 fully saturated rings. The maximum atomic E-state index is 12.9. The van der Waals surface area contributed by atoms with E-state index in [9.17, 15) is 33.2 Å². The van der Waals surface area contributed by atoms with Crippen LogP contribution < -0.4 is 10.1 Å². The number of urea groups is 2. The topological polar surface area (TPSA) is 190 Å². The summed E-state index contributed by atoms with van der Waals surface area (Å²) in [5, 5.41) is 10.7. The first-order valence-corrected chi connectivity index (χ1v) is 34.6. The zero-order valence-corrected chi connectivity index (χ0v) is 70.2. The zero-order chi connectivity index (χ0) is 79.1. The molecule has 0 aliphatic heterocycles. The molecule has 1 N–H and O–H groups in total. The molecule has 4 aromatic rings. The summed E-state index contributed by atoms with van der Waals surface area (Å²) in [7, 11) is 7.04. The number of carbonyl (C=O) groups is 6. The second-order valence-corrected chi connectivity index (χ2v) is 37.2. The van der Waals surface area contributed by atoms with Crippen molar-refractivity contribution in [2.24, 2.45) is 7.05 Å². The fraction of sp³-hybridized carbons (Fsp3) is 0.696. The van der Waals surface area contributed by atoms with Gasteiger partial charge in [-0.2, -0.15) is 5.10 Å². The van der Waals surface area contributed by atoms with E-state index in [0.29, 0.717) is 23.4 Å². The van der Waals surface area contributed by atoms with Gasteiger partial charge in [0, 0.05) is 117 Å². The predicted molar refractivity (Wildman–Crippen MR) is 407 cm³/mol. The quantitative estimate of drug-likeness (QED) is 0.194. The molecule has 0 spiro atoms. The van der Waals surface area contributed by atoms with Gasteiger partial charge in [-0.25, -0.2) is 14.0 Å². The minimum absolute atomic E-state index is 0.00694. The highest BCUT2D eigenvalue weighted by Gasteiger charge is 2.42. The van der Waals surface area contributed by atoms with Crippen LogP contribution in [0.5, 0.6) is 5.75 Å². The van der Waals surface area contributed by atoms with Crippen molar-refractivity contribution in [2.75, 3.05) is 27.7 Å². The predicted octanol–water partition coefficient (Wildman–Crippen LogP) is 18.3. The van der Waals surface area contributed by atoms with Crippen LogP contribution in [-0.4, -0.2) is 179 Å². The maximum absolute atomic E-state index is 12.9. The largest absolute Gasteiger partial charge is 0.497 e. The van der Waals surface area contributed by atoms with Gasteiger partial charge in [0.15, 0.2) is 5.69 Å². The van der Waals surface area contributed by atoms with Crippen LogP contribution in [0, 0.1) is 12.7 Å². The van der Waals surface area contributed by atoms with Gasteiger partial charge in [0.05, 0.1) is 13.3 Å². The molecule has 0 bridgehead atoms. The molecule has 0 saturated heterocycles. The number of amides is 8. The summed E-state index contributed by atoms with van der Waals surface area (Å²) < 4.78 is 24.7. The summed E-state index contributed by atoms with van der Waals surface area (Å²) in [5.74, 6) is 0.540. The Hall–Kier alpha value is -6.99. The van der Waals surface area contributed by atoms with Gasteiger partial charge in [-0.05, 0) is 318 Å². The maximum Gasteiger partial charge on any atom is 0.320 e. The van der Waals surface area contributed by atoms with Crippen molar-refractivity contribution in [1.29, 1.82) is 0 Å². The van der Waals surface area contributed by atoms with Gasteiger partial charge in [-0.3, -0.25) is 23.9 Å². The first kappa shape index (κ1) is 94.1. The van der Waals surface area contributed by atoms with E-state index in [1.165, 1.54) is 30.5 Å². The first-order chi connectivity index (χ1) is 43.8. The van der Waals surface area contributed by atoms with Crippen molar-refractivity contribution in [3.63, 3.8) is 0 Å². The molecule has 0 aliphatic rings. The molecule has 99 heavy (non-hydrogen) atoms. The van der Waals surface area contributed by atoms with Crippen molar-refractivity contribution >= 4 is 35.7 Å². The standard InChI is InChI=1S/C16H25NO2.C15H22FNO.C14H25N3O.C12H20N2O2.2C11H24N2O/c1-15(2,3)17(16(4,5)6)14(18)12-8-10-13(19-7)11-9-12;1-14(2,3)17(15(4,5)6)13(18)11-7-9-12(16)10-8-11;1-10-9-11(15-16(10)8)12(18)17(13(2,3)4)14(5,6)7;1-11(2,3)14(12(4,5)6)10(15)9-7-8-13-16-9;1-10(2,3)13(11(4,5)6)9(14)12(7)8;1-8-12-9(14)13(10(2,3)4)11(5,6)7/h8-11H,1-7H3;7-10H,1-6H3;9H,1-8H3;7-8H,1-6H3;1-8H3;8H2,1-7H3,(H,12,14). The van der Waals surface area contributed by atoms with Crippen LogP contribution in [0.2, 0.25) is 0 Å². The Bertz CT molecular complexity index is 3050. The third-order valence-electron chi connectivity index (χ3n) is 14.4. The highest BCUT2D eigenvalue weighted by atomic mass is 19.1. The fourth-order valence-electron chi connectivity index (χ4n) is 12.9. The Morgan fingerprint density at radius 2 is 0.737 bits per heavy atom. The van der Waals surface area contributed by atoms with Crippen LogP contribution in [0.15, 0.2) is 71.4 Å². The molecule has 0 saturated carbocycles. The van der Waals surface area contributed by atoms with Gasteiger partial charge in [0.1, 0.15) is 11.6 Å². The Balaban J connectivity index is 0. The number of aryl methyl sites for hydroxylation is 2. The van der Waals surface area contributed by atoms with E-state index in [0.717, 1.165) is 11.4 Å². The lowest BCUT2D eigenvalue weighted by atomic mass is 9.94. The molecule has 0 aliphatic carbocycles. The van der Waals surface area contributed by atoms with E-state index in [2.05, 4.69) is 98.7 Å². The van der Waals surface area contributed by atoms with Crippen LogP contribution >= 0.6 is 0 Å². The summed E-state index contributed by atoms with van der Waals surface area (Å²) in [6.45, 7) is 77.8. The minimum atomic E-state index is -0.329. The van der Waals surface area contributed by atoms with Crippen molar-refractivity contribution in [1.82, 2.24) is 54.6 Å². The molecule has 0 unspecified atom stereocenters. The number of rotatable bonds is 6. The number of hydrogen-bond acceptors (Lipinski definition) is 10. The number of benzene rings is 2. The highest BCUT2D eigenvalue weighted by Crippen LogP contribution is 2.33. The lowest BCUT2D eigenvalue weighted by Crippen LogP contribution is -2.58. The second kappa shape index (κ2) is 35.1. The molecule has 19 nitrogen and oxygen atoms in total. The molecule has 20 heteroatoms. The summed E-state index contributed by atoms with van der Waals surface area (Å²) >= 11 is 0. The molecule has 2 aromatic heterocycles. The molecule has 2 heterocycles. The Labute approximate surface area is 601 Å². The van der Waals surface area contributed by atoms with Crippen molar-refractivity contribution < 1.29 is 42.4 Å². The SMILES string of the molecule is CC(C)(C)N(C(=O)c1ccc(F)cc1)C(C)(C)C.CC(C)(C)N(C(=O)c1ccno1)C(C)(C)C.CCNC(=O)N(C(C)(C)C)C(C)(C)C.CN(C)C(=O)N(C(C)(C)C)C(C)(C)C.COc1ccc(C(=O)N(C(C)(C)C)C(C)(C)C)cc1.Cc1cc(C(=O)N(C(C)(C)C)C(C)(C)C)nn1C. The molecular formula is C79H140FN11O8. The zero-order valence-electron chi connectivity index (χ0n) is 70.2. The van der Waals surface area contributed by atoms with Crippen LogP contribution in [-0.2, 0) is 7.05 Å². The molecule has 8 amide bonds.